The summed E-state index contributed by atoms with van der Waals surface area (Å²) in [4.78, 5) is 63.3. The number of carbonyl (C=O) groups is 4. The number of ether oxygens (including phenoxy) is 3. The second-order valence-electron chi connectivity index (χ2n) is 16.7. The third kappa shape index (κ3) is 8.00. The van der Waals surface area contributed by atoms with Gasteiger partial charge in [-0.2, -0.15) is 0 Å². The van der Waals surface area contributed by atoms with Crippen LogP contribution >= 0.6 is 0 Å². The van der Waals surface area contributed by atoms with E-state index in [2.05, 4.69) is 47.1 Å². The number of alkyl carbamates (subject to hydrolysis) is 1. The van der Waals surface area contributed by atoms with E-state index >= 15 is 0 Å². The van der Waals surface area contributed by atoms with Gasteiger partial charge in [0.25, 0.3) is 0 Å². The number of methoxy groups -OCH3 is 3. The molecule has 5 aliphatic rings. The number of hydrogen-bond donors (Lipinski definition) is 2. The molecule has 2 bridgehead atoms. The smallest absolute Gasteiger partial charge is 0.425 e. The first-order valence-electron chi connectivity index (χ1n) is 20.5. The molecule has 7 rings (SSSR count). The van der Waals surface area contributed by atoms with Gasteiger partial charge in [-0.25, -0.2) is 20.0 Å². The molecule has 2 N–H and O–H groups in total. The minimum absolute atomic E-state index is 0.0481. The van der Waals surface area contributed by atoms with Crippen LogP contribution in [0.25, 0.3) is 11.1 Å². The Morgan fingerprint density at radius 2 is 1.45 bits per heavy atom. The molecule has 3 fully saturated rings. The molecule has 58 heavy (non-hydrogen) atoms. The number of nitrogens with one attached hydrogen (secondary N) is 2. The Hall–Kier alpha value is -5.46. The van der Waals surface area contributed by atoms with Crippen molar-refractivity contribution in [2.24, 2.45) is 39.6 Å². The highest BCUT2D eigenvalue weighted by atomic mass is 16.5. The lowest BCUT2D eigenvalue weighted by Gasteiger charge is -2.36. The molecule has 4 amide bonds. The molecule has 6 atom stereocenters. The second kappa shape index (κ2) is 17.2. The predicted molar refractivity (Wildman–Crippen MR) is 221 cm³/mol. The topological polar surface area (TPSA) is 151 Å². The molecule has 13 heteroatoms. The average molecular weight is 793 g/mol. The van der Waals surface area contributed by atoms with E-state index in [4.69, 9.17) is 24.2 Å². The Morgan fingerprint density at radius 1 is 0.793 bits per heavy atom. The van der Waals surface area contributed by atoms with Gasteiger partial charge in [0.1, 0.15) is 11.8 Å². The summed E-state index contributed by atoms with van der Waals surface area (Å²) in [5, 5.41) is 4.17. The standard InChI is InChI=1S/C45H56N6O7/c1-25(2)41(48-44(54)57-6)43(53)50-18-8-9-37(50)32-20-36(47-23-32)34-17-16-29(22-38(34)56-5)27-10-12-28(13-11-27)35-21-33(24-46-35)39-30-14-15-31(19-30)40(39)42(52)51(26(3)4)49-45(55)58-7/h10-13,16-17,22-26,30-31,37,39-41H,8-9,14-15,18-21H2,1-7H3,(H,48,54)(H,49,55)/t30?,31?,37-,39?,40+,41-/m0/s1. The third-order valence-corrected chi connectivity index (χ3v) is 12.7. The molecule has 0 spiro atoms. The molecule has 3 unspecified atom stereocenters. The number of carbonyl (C=O) groups excluding carboxylic acids is 4. The molecule has 13 nitrogen and oxygen atoms in total. The Morgan fingerprint density at radius 3 is 2.14 bits per heavy atom. The second-order valence-corrected chi connectivity index (χ2v) is 16.7. The first kappa shape index (κ1) is 40.7. The molecular weight excluding hydrogens is 737 g/mol. The van der Waals surface area contributed by atoms with Gasteiger partial charge in [0.2, 0.25) is 11.8 Å². The number of hydrogen-bond acceptors (Lipinski definition) is 9. The van der Waals surface area contributed by atoms with Crippen LogP contribution in [0.3, 0.4) is 0 Å². The maximum atomic E-state index is 14.0. The van der Waals surface area contributed by atoms with Crippen LogP contribution in [0.1, 0.15) is 83.8 Å². The van der Waals surface area contributed by atoms with Gasteiger partial charge in [-0.1, -0.05) is 44.2 Å². The summed E-state index contributed by atoms with van der Waals surface area (Å²) in [5.74, 6) is 1.11. The van der Waals surface area contributed by atoms with E-state index in [1.807, 2.05) is 51.1 Å². The van der Waals surface area contributed by atoms with Crippen molar-refractivity contribution in [3.8, 4) is 16.9 Å². The molecular formula is C45H56N6O7. The summed E-state index contributed by atoms with van der Waals surface area (Å²) in [6.45, 7) is 8.25. The van der Waals surface area contributed by atoms with Crippen LogP contribution in [0.2, 0.25) is 0 Å². The maximum absolute atomic E-state index is 14.0. The van der Waals surface area contributed by atoms with Gasteiger partial charge in [-0.3, -0.25) is 19.6 Å². The molecule has 2 aliphatic carbocycles. The maximum Gasteiger partial charge on any atom is 0.425 e. The fourth-order valence-corrected chi connectivity index (χ4v) is 9.82. The number of allylic oxidation sites excluding steroid dienone is 1. The molecule has 0 radical (unpaired) electrons. The van der Waals surface area contributed by atoms with Gasteiger partial charge < -0.3 is 24.4 Å². The van der Waals surface area contributed by atoms with E-state index in [9.17, 15) is 19.2 Å². The van der Waals surface area contributed by atoms with Crippen molar-refractivity contribution >= 4 is 35.4 Å². The van der Waals surface area contributed by atoms with Crippen LogP contribution in [0, 0.1) is 29.6 Å². The largest absolute Gasteiger partial charge is 0.496 e. The lowest BCUT2D eigenvalue weighted by Crippen LogP contribution is -2.54. The number of benzene rings is 2. The lowest BCUT2D eigenvalue weighted by atomic mass is 9.73. The average Bonchev–Trinajstić information content (AvgIpc) is 4.09. The Labute approximate surface area is 340 Å². The van der Waals surface area contributed by atoms with Crippen LogP contribution in [0.5, 0.6) is 5.75 Å². The molecule has 2 aromatic carbocycles. The van der Waals surface area contributed by atoms with E-state index < -0.39 is 18.2 Å². The van der Waals surface area contributed by atoms with Crippen LogP contribution in [0.15, 0.2) is 76.0 Å². The van der Waals surface area contributed by atoms with E-state index in [-0.39, 0.29) is 41.7 Å². The van der Waals surface area contributed by atoms with Gasteiger partial charge in [0.15, 0.2) is 0 Å². The van der Waals surface area contributed by atoms with Crippen molar-refractivity contribution in [3.63, 3.8) is 0 Å². The van der Waals surface area contributed by atoms with E-state index in [1.54, 1.807) is 7.11 Å². The van der Waals surface area contributed by atoms with Crippen molar-refractivity contribution < 1.29 is 33.4 Å². The highest BCUT2D eigenvalue weighted by molar-refractivity contribution is 6.07. The first-order valence-corrected chi connectivity index (χ1v) is 20.5. The van der Waals surface area contributed by atoms with Gasteiger partial charge in [-0.15, -0.1) is 0 Å². The number of aliphatic imine (C=N–C) groups is 2. The van der Waals surface area contributed by atoms with Crippen LogP contribution in [-0.4, -0.2) is 91.3 Å². The fraction of sp³-hybridized carbons (Fsp3) is 0.511. The Bertz CT molecular complexity index is 2050. The Kier molecular flexibility index (Phi) is 12.1. The lowest BCUT2D eigenvalue weighted by molar-refractivity contribution is -0.143. The highest BCUT2D eigenvalue weighted by Crippen LogP contribution is 2.56. The minimum atomic E-state index is -0.671. The van der Waals surface area contributed by atoms with Crippen LogP contribution < -0.4 is 15.5 Å². The number of hydrazine groups is 1. The quantitative estimate of drug-likeness (QED) is 0.231. The third-order valence-electron chi connectivity index (χ3n) is 12.7. The summed E-state index contributed by atoms with van der Waals surface area (Å²) in [7, 11) is 4.27. The molecule has 3 aliphatic heterocycles. The van der Waals surface area contributed by atoms with Gasteiger partial charge in [0.05, 0.1) is 38.8 Å². The summed E-state index contributed by atoms with van der Waals surface area (Å²) < 4.78 is 15.5. The molecule has 0 aromatic heterocycles. The molecule has 2 saturated carbocycles. The molecule has 3 heterocycles. The van der Waals surface area contributed by atoms with Gasteiger partial charge in [-0.05, 0) is 110 Å². The van der Waals surface area contributed by atoms with Crippen molar-refractivity contribution in [1.29, 1.82) is 0 Å². The fourth-order valence-electron chi connectivity index (χ4n) is 9.82. The Balaban J connectivity index is 0.995. The van der Waals surface area contributed by atoms with E-state index in [0.29, 0.717) is 31.2 Å². The van der Waals surface area contributed by atoms with Crippen LogP contribution in [0.4, 0.5) is 9.59 Å². The summed E-state index contributed by atoms with van der Waals surface area (Å²) in [5.41, 5.74) is 10.8. The number of rotatable bonds is 11. The summed E-state index contributed by atoms with van der Waals surface area (Å²) in [6, 6.07) is 13.6. The zero-order valence-electron chi connectivity index (χ0n) is 34.6. The first-order chi connectivity index (χ1) is 27.9. The normalized spacial score (nSPS) is 23.9. The molecule has 1 saturated heterocycles. The number of nitrogens with zero attached hydrogens (tertiary/aromatic N) is 4. The van der Waals surface area contributed by atoms with Crippen molar-refractivity contribution in [2.45, 2.75) is 90.8 Å². The van der Waals surface area contributed by atoms with Crippen molar-refractivity contribution in [3.05, 3.63) is 77.1 Å². The zero-order chi connectivity index (χ0) is 41.2. The van der Waals surface area contributed by atoms with E-state index in [1.165, 1.54) is 24.8 Å². The molecule has 308 valence electrons. The van der Waals surface area contributed by atoms with Crippen molar-refractivity contribution in [1.82, 2.24) is 20.7 Å². The summed E-state index contributed by atoms with van der Waals surface area (Å²) >= 11 is 0. The van der Waals surface area contributed by atoms with E-state index in [0.717, 1.165) is 77.1 Å². The van der Waals surface area contributed by atoms with Crippen LogP contribution in [-0.2, 0) is 19.1 Å². The van der Waals surface area contributed by atoms with Crippen molar-refractivity contribution in [2.75, 3.05) is 27.9 Å². The number of amides is 4. The van der Waals surface area contributed by atoms with Gasteiger partial charge in [0, 0.05) is 49.3 Å². The SMILES string of the molecule is COC(=O)N[C@H](C(=O)N1CCC[C@H]1C1=CN=C(c2ccc(-c3ccc(C4=NC=C(C5C6CCC(C6)[C@H]5C(=O)N(NC(=O)OC)C(C)C)C4)cc3)cc2OC)C1)C(C)C. The van der Waals surface area contributed by atoms with Gasteiger partial charge >= 0.3 is 12.2 Å². The minimum Gasteiger partial charge on any atom is -0.496 e. The predicted octanol–water partition coefficient (Wildman–Crippen LogP) is 7.06. The monoisotopic (exact) mass is 792 g/mol. The number of fused-ring (bicyclic) bond motifs is 2. The highest BCUT2D eigenvalue weighted by Gasteiger charge is 2.53. The summed E-state index contributed by atoms with van der Waals surface area (Å²) in [6.07, 6.45) is 8.79. The zero-order valence-corrected chi connectivity index (χ0v) is 34.6. The molecule has 2 aromatic rings. The number of likely N-dealkylation sites (tertiary alicyclic amines) is 1.